The molecule has 0 aliphatic carbocycles. The second-order valence-corrected chi connectivity index (χ2v) is 7.60. The van der Waals surface area contributed by atoms with Gasteiger partial charge in [0.25, 0.3) is 11.8 Å². The summed E-state index contributed by atoms with van der Waals surface area (Å²) in [6.45, 7) is 5.08. The number of nitrogens with one attached hydrogen (secondary N) is 1. The monoisotopic (exact) mass is 414 g/mol. The molecule has 0 atom stereocenters. The molecule has 0 aliphatic heterocycles. The van der Waals surface area contributed by atoms with Gasteiger partial charge in [-0.2, -0.15) is 0 Å². The molecule has 122 valence electrons. The molecule has 23 heavy (non-hydrogen) atoms. The van der Waals surface area contributed by atoms with E-state index in [-0.39, 0.29) is 11.8 Å². The van der Waals surface area contributed by atoms with Gasteiger partial charge in [0.1, 0.15) is 0 Å². The molecule has 1 aromatic heterocycles. The van der Waals surface area contributed by atoms with Crippen LogP contribution in [0.4, 0.5) is 5.69 Å². The van der Waals surface area contributed by atoms with E-state index in [0.717, 1.165) is 3.79 Å². The average molecular weight is 416 g/mol. The summed E-state index contributed by atoms with van der Waals surface area (Å²) in [6.07, 6.45) is 0. The first-order chi connectivity index (χ1) is 11.0. The Morgan fingerprint density at radius 1 is 1.22 bits per heavy atom. The summed E-state index contributed by atoms with van der Waals surface area (Å²) in [5, 5.41) is 3.10. The Bertz CT molecular complexity index is 729. The minimum absolute atomic E-state index is 0.111. The van der Waals surface area contributed by atoms with Crippen molar-refractivity contribution in [1.82, 2.24) is 4.90 Å². The zero-order valence-electron chi connectivity index (χ0n) is 12.7. The lowest BCUT2D eigenvalue weighted by Gasteiger charge is -2.19. The molecule has 7 heteroatoms. The highest BCUT2D eigenvalue weighted by molar-refractivity contribution is 9.11. The topological polar surface area (TPSA) is 49.4 Å². The van der Waals surface area contributed by atoms with Crippen LogP contribution in [-0.4, -0.2) is 29.8 Å². The first-order valence-corrected chi connectivity index (χ1v) is 9.10. The maximum atomic E-state index is 12.3. The first kappa shape index (κ1) is 18.0. The van der Waals surface area contributed by atoms with Crippen LogP contribution in [0.25, 0.3) is 0 Å². The number of amides is 2. The fraction of sp³-hybridized carbons (Fsp3) is 0.250. The van der Waals surface area contributed by atoms with E-state index in [9.17, 15) is 9.59 Å². The number of thiophene rings is 1. The summed E-state index contributed by atoms with van der Waals surface area (Å²) in [4.78, 5) is 26.7. The smallest absolute Gasteiger partial charge is 0.265 e. The van der Waals surface area contributed by atoms with Crippen molar-refractivity contribution in [2.24, 2.45) is 0 Å². The van der Waals surface area contributed by atoms with E-state index in [0.29, 0.717) is 34.2 Å². The van der Waals surface area contributed by atoms with Crippen molar-refractivity contribution in [3.05, 3.63) is 49.6 Å². The van der Waals surface area contributed by atoms with Crippen molar-refractivity contribution < 1.29 is 9.59 Å². The van der Waals surface area contributed by atoms with E-state index in [1.54, 1.807) is 29.2 Å². The van der Waals surface area contributed by atoms with Gasteiger partial charge in [-0.3, -0.25) is 9.59 Å². The van der Waals surface area contributed by atoms with E-state index in [1.165, 1.54) is 11.3 Å². The van der Waals surface area contributed by atoms with E-state index in [1.807, 2.05) is 19.9 Å². The van der Waals surface area contributed by atoms with Crippen LogP contribution in [0.15, 0.2) is 34.1 Å². The maximum absolute atomic E-state index is 12.3. The van der Waals surface area contributed by atoms with Gasteiger partial charge in [0.05, 0.1) is 19.2 Å². The van der Waals surface area contributed by atoms with Crippen molar-refractivity contribution in [2.45, 2.75) is 13.8 Å². The molecule has 1 heterocycles. The van der Waals surface area contributed by atoms with Crippen LogP contribution in [0.5, 0.6) is 0 Å². The number of carbonyl (C=O) groups is 2. The molecule has 0 radical (unpaired) electrons. The summed E-state index contributed by atoms with van der Waals surface area (Å²) in [7, 11) is 0. The molecule has 0 aliphatic rings. The standard InChI is InChI=1S/C16H16BrClN2O2S/c1-3-20(4-2)16(22)11-6-5-10(9-12(11)18)19-15(21)13-7-8-14(17)23-13/h5-9H,3-4H2,1-2H3,(H,19,21). The molecule has 1 N–H and O–H groups in total. The molecule has 0 bridgehead atoms. The number of hydrogen-bond donors (Lipinski definition) is 1. The third-order valence-electron chi connectivity index (χ3n) is 3.31. The van der Waals surface area contributed by atoms with Gasteiger partial charge in [-0.25, -0.2) is 0 Å². The minimum Gasteiger partial charge on any atom is -0.339 e. The van der Waals surface area contributed by atoms with Gasteiger partial charge >= 0.3 is 0 Å². The Kier molecular flexibility index (Phi) is 6.21. The fourth-order valence-electron chi connectivity index (χ4n) is 2.08. The molecule has 0 saturated carbocycles. The predicted octanol–water partition coefficient (Wildman–Crippen LogP) is 4.90. The van der Waals surface area contributed by atoms with E-state index in [2.05, 4.69) is 21.2 Å². The Balaban J connectivity index is 2.16. The van der Waals surface area contributed by atoms with Crippen LogP contribution in [0, 0.1) is 0 Å². The van der Waals surface area contributed by atoms with E-state index < -0.39 is 0 Å². The molecule has 0 saturated heterocycles. The van der Waals surface area contributed by atoms with Crippen molar-refractivity contribution in [2.75, 3.05) is 18.4 Å². The Labute approximate surface area is 152 Å². The van der Waals surface area contributed by atoms with Crippen molar-refractivity contribution in [1.29, 1.82) is 0 Å². The number of nitrogens with zero attached hydrogens (tertiary/aromatic N) is 1. The Morgan fingerprint density at radius 3 is 2.43 bits per heavy atom. The predicted molar refractivity (Wildman–Crippen MR) is 98.7 cm³/mol. The van der Waals surface area contributed by atoms with Gasteiger partial charge in [-0.1, -0.05) is 11.6 Å². The highest BCUT2D eigenvalue weighted by Crippen LogP contribution is 2.25. The van der Waals surface area contributed by atoms with E-state index >= 15 is 0 Å². The van der Waals surface area contributed by atoms with Gasteiger partial charge in [0.15, 0.2) is 0 Å². The third kappa shape index (κ3) is 4.34. The highest BCUT2D eigenvalue weighted by atomic mass is 79.9. The number of halogens is 2. The lowest BCUT2D eigenvalue weighted by atomic mass is 10.1. The Hall–Kier alpha value is -1.37. The Morgan fingerprint density at radius 2 is 1.91 bits per heavy atom. The molecule has 0 unspecified atom stereocenters. The van der Waals surface area contributed by atoms with Gasteiger partial charge in [0, 0.05) is 18.8 Å². The SMILES string of the molecule is CCN(CC)C(=O)c1ccc(NC(=O)c2ccc(Br)s2)cc1Cl. The molecule has 4 nitrogen and oxygen atoms in total. The summed E-state index contributed by atoms with van der Waals surface area (Å²) in [5.41, 5.74) is 0.993. The van der Waals surface area contributed by atoms with Gasteiger partial charge < -0.3 is 10.2 Å². The molecule has 1 aromatic carbocycles. The van der Waals surface area contributed by atoms with Gasteiger partial charge in [0.2, 0.25) is 0 Å². The third-order valence-corrected chi connectivity index (χ3v) is 5.24. The molecule has 2 amide bonds. The largest absolute Gasteiger partial charge is 0.339 e. The molecular formula is C16H16BrClN2O2S. The number of hydrogen-bond acceptors (Lipinski definition) is 3. The summed E-state index contributed by atoms with van der Waals surface area (Å²) >= 11 is 10.9. The van der Waals surface area contributed by atoms with Crippen LogP contribution in [0.1, 0.15) is 33.9 Å². The van der Waals surface area contributed by atoms with Crippen LogP contribution in [0.2, 0.25) is 5.02 Å². The zero-order chi connectivity index (χ0) is 17.0. The van der Waals surface area contributed by atoms with E-state index in [4.69, 9.17) is 11.6 Å². The van der Waals surface area contributed by atoms with Crippen LogP contribution >= 0.6 is 38.9 Å². The zero-order valence-corrected chi connectivity index (χ0v) is 15.9. The quantitative estimate of drug-likeness (QED) is 0.755. The minimum atomic E-state index is -0.209. The normalized spacial score (nSPS) is 10.4. The number of carbonyl (C=O) groups excluding carboxylic acids is 2. The molecule has 0 fully saturated rings. The van der Waals surface area contributed by atoms with Crippen molar-refractivity contribution >= 4 is 56.4 Å². The number of anilines is 1. The lowest BCUT2D eigenvalue weighted by Crippen LogP contribution is -2.30. The van der Waals surface area contributed by atoms with Crippen LogP contribution in [0.3, 0.4) is 0 Å². The maximum Gasteiger partial charge on any atom is 0.265 e. The van der Waals surface area contributed by atoms with Gasteiger partial charge in [-0.15, -0.1) is 11.3 Å². The fourth-order valence-corrected chi connectivity index (χ4v) is 3.62. The molecular weight excluding hydrogens is 400 g/mol. The van der Waals surface area contributed by atoms with Crippen LogP contribution in [-0.2, 0) is 0 Å². The van der Waals surface area contributed by atoms with Gasteiger partial charge in [-0.05, 0) is 60.1 Å². The molecule has 2 aromatic rings. The highest BCUT2D eigenvalue weighted by Gasteiger charge is 2.17. The summed E-state index contributed by atoms with van der Waals surface area (Å²) in [6, 6.07) is 8.48. The molecule has 0 spiro atoms. The molecule has 2 rings (SSSR count). The lowest BCUT2D eigenvalue weighted by molar-refractivity contribution is 0.0773. The average Bonchev–Trinajstić information content (AvgIpc) is 2.95. The first-order valence-electron chi connectivity index (χ1n) is 7.11. The number of rotatable bonds is 5. The van der Waals surface area contributed by atoms with Crippen LogP contribution < -0.4 is 5.32 Å². The summed E-state index contributed by atoms with van der Waals surface area (Å²) < 4.78 is 0.890. The second kappa shape index (κ2) is 7.95. The van der Waals surface area contributed by atoms with Crippen molar-refractivity contribution in [3.63, 3.8) is 0 Å². The van der Waals surface area contributed by atoms with Crippen molar-refractivity contribution in [3.8, 4) is 0 Å². The second-order valence-electron chi connectivity index (χ2n) is 4.73. The summed E-state index contributed by atoms with van der Waals surface area (Å²) in [5.74, 6) is -0.320. The number of benzene rings is 1.